The molecule has 0 amide bonds. The van der Waals surface area contributed by atoms with Crippen molar-refractivity contribution < 1.29 is 25.3 Å². The SMILES string of the molecule is C/C(=N\OC(c1ccccc1)(c1ccccc1)c1ccccc1)c1ncc([C@@H](O)[C@H](O)[C@H](O)CO)[nH]1. The second-order valence-corrected chi connectivity index (χ2v) is 8.42. The molecule has 0 unspecified atom stereocenters. The maximum Gasteiger partial charge on any atom is 0.212 e. The summed E-state index contributed by atoms with van der Waals surface area (Å²) in [6, 6.07) is 29.4. The lowest BCUT2D eigenvalue weighted by molar-refractivity contribution is -0.0788. The van der Waals surface area contributed by atoms with Crippen LogP contribution < -0.4 is 0 Å². The zero-order valence-electron chi connectivity index (χ0n) is 19.8. The van der Waals surface area contributed by atoms with E-state index in [1.807, 2.05) is 91.0 Å². The fourth-order valence-electron chi connectivity index (χ4n) is 4.03. The standard InChI is InChI=1S/C28H29N3O5/c1-19(27-29-17-23(30-27)25(34)26(35)24(33)18-32)31-36-28(20-11-5-2-6-12-20,21-13-7-3-8-14-21)22-15-9-4-10-16-22/h2-17,24-26,32-35H,18H2,1H3,(H,29,30)/b31-19+/t24-,25-,26-/m1/s1. The van der Waals surface area contributed by atoms with Gasteiger partial charge in [-0.3, -0.25) is 0 Å². The van der Waals surface area contributed by atoms with Gasteiger partial charge in [0.1, 0.15) is 24.0 Å². The Kier molecular flexibility index (Phi) is 7.92. The molecule has 0 bridgehead atoms. The Balaban J connectivity index is 1.74. The summed E-state index contributed by atoms with van der Waals surface area (Å²) in [7, 11) is 0. The lowest BCUT2D eigenvalue weighted by Crippen LogP contribution is -2.34. The summed E-state index contributed by atoms with van der Waals surface area (Å²) in [6.07, 6.45) is -3.21. The number of aliphatic hydroxyl groups is 4. The minimum atomic E-state index is -1.58. The van der Waals surface area contributed by atoms with Crippen molar-refractivity contribution in [2.24, 2.45) is 5.16 Å². The van der Waals surface area contributed by atoms with Crippen LogP contribution in [-0.4, -0.2) is 54.9 Å². The molecule has 0 saturated heterocycles. The molecule has 0 spiro atoms. The molecular weight excluding hydrogens is 458 g/mol. The zero-order valence-corrected chi connectivity index (χ0v) is 19.8. The van der Waals surface area contributed by atoms with Gasteiger partial charge in [-0.2, -0.15) is 0 Å². The normalized spacial score (nSPS) is 14.8. The van der Waals surface area contributed by atoms with Gasteiger partial charge < -0.3 is 30.2 Å². The first-order valence-electron chi connectivity index (χ1n) is 11.6. The number of aromatic amines is 1. The summed E-state index contributed by atoms with van der Waals surface area (Å²) in [5.41, 5.74) is 2.17. The lowest BCUT2D eigenvalue weighted by atomic mass is 9.80. The Bertz CT molecular complexity index is 1170. The Hall–Kier alpha value is -3.82. The molecule has 0 aliphatic rings. The monoisotopic (exact) mass is 487 g/mol. The van der Waals surface area contributed by atoms with E-state index in [1.54, 1.807) is 6.92 Å². The molecule has 0 fully saturated rings. The van der Waals surface area contributed by atoms with Crippen molar-refractivity contribution in [2.75, 3.05) is 6.61 Å². The van der Waals surface area contributed by atoms with Crippen LogP contribution in [0.15, 0.2) is 102 Å². The van der Waals surface area contributed by atoms with Gasteiger partial charge in [0.15, 0.2) is 5.82 Å². The second-order valence-electron chi connectivity index (χ2n) is 8.42. The van der Waals surface area contributed by atoms with Gasteiger partial charge in [0.05, 0.1) is 18.5 Å². The molecule has 5 N–H and O–H groups in total. The molecular formula is C28H29N3O5. The van der Waals surface area contributed by atoms with Crippen LogP contribution in [0, 0.1) is 0 Å². The fraction of sp³-hybridized carbons (Fsp3) is 0.214. The summed E-state index contributed by atoms with van der Waals surface area (Å²) < 4.78 is 0. The largest absolute Gasteiger partial charge is 0.394 e. The molecule has 8 heteroatoms. The summed E-state index contributed by atoms with van der Waals surface area (Å²) in [6.45, 7) is 1.02. The van der Waals surface area contributed by atoms with E-state index >= 15 is 0 Å². The van der Waals surface area contributed by atoms with E-state index in [0.717, 1.165) is 16.7 Å². The van der Waals surface area contributed by atoms with Gasteiger partial charge >= 0.3 is 0 Å². The number of hydrogen-bond acceptors (Lipinski definition) is 7. The van der Waals surface area contributed by atoms with Gasteiger partial charge in [0, 0.05) is 16.7 Å². The van der Waals surface area contributed by atoms with Crippen LogP contribution in [-0.2, 0) is 10.4 Å². The third-order valence-electron chi connectivity index (χ3n) is 6.02. The van der Waals surface area contributed by atoms with Crippen molar-refractivity contribution in [3.05, 3.63) is 125 Å². The van der Waals surface area contributed by atoms with Crippen LogP contribution in [0.3, 0.4) is 0 Å². The number of benzene rings is 3. The highest BCUT2D eigenvalue weighted by Crippen LogP contribution is 2.40. The van der Waals surface area contributed by atoms with Crippen LogP contribution in [0.25, 0.3) is 0 Å². The van der Waals surface area contributed by atoms with Crippen LogP contribution in [0.2, 0.25) is 0 Å². The average molecular weight is 488 g/mol. The van der Waals surface area contributed by atoms with Crippen molar-refractivity contribution in [1.82, 2.24) is 9.97 Å². The molecule has 0 aliphatic heterocycles. The molecule has 4 aromatic rings. The van der Waals surface area contributed by atoms with Gasteiger partial charge in [0.25, 0.3) is 0 Å². The van der Waals surface area contributed by atoms with Gasteiger partial charge in [0.2, 0.25) is 5.60 Å². The van der Waals surface area contributed by atoms with E-state index < -0.39 is 30.5 Å². The number of aliphatic hydroxyl groups excluding tert-OH is 4. The van der Waals surface area contributed by atoms with Crippen molar-refractivity contribution in [2.45, 2.75) is 30.8 Å². The van der Waals surface area contributed by atoms with Gasteiger partial charge in [-0.05, 0) is 6.92 Å². The Morgan fingerprint density at radius 3 is 1.78 bits per heavy atom. The molecule has 36 heavy (non-hydrogen) atoms. The van der Waals surface area contributed by atoms with E-state index in [0.29, 0.717) is 11.5 Å². The zero-order chi connectivity index (χ0) is 25.5. The minimum absolute atomic E-state index is 0.167. The molecule has 0 saturated carbocycles. The third kappa shape index (κ3) is 5.07. The number of nitrogens with one attached hydrogen (secondary N) is 1. The first-order valence-corrected chi connectivity index (χ1v) is 11.6. The number of rotatable bonds is 10. The van der Waals surface area contributed by atoms with E-state index in [4.69, 9.17) is 9.94 Å². The van der Waals surface area contributed by atoms with Crippen molar-refractivity contribution >= 4 is 5.71 Å². The average Bonchev–Trinajstić information content (AvgIpc) is 3.44. The predicted molar refractivity (Wildman–Crippen MR) is 135 cm³/mol. The molecule has 0 aliphatic carbocycles. The maximum absolute atomic E-state index is 10.3. The summed E-state index contributed by atoms with van der Waals surface area (Å²) in [5, 5.41) is 43.5. The van der Waals surface area contributed by atoms with Crippen molar-refractivity contribution in [3.8, 4) is 0 Å². The van der Waals surface area contributed by atoms with E-state index in [1.165, 1.54) is 6.20 Å². The summed E-state index contributed by atoms with van der Waals surface area (Å²) >= 11 is 0. The highest BCUT2D eigenvalue weighted by molar-refractivity contribution is 5.95. The predicted octanol–water partition coefficient (Wildman–Crippen LogP) is 2.89. The fourth-order valence-corrected chi connectivity index (χ4v) is 4.03. The molecule has 1 heterocycles. The van der Waals surface area contributed by atoms with E-state index in [-0.39, 0.29) is 5.69 Å². The van der Waals surface area contributed by atoms with E-state index in [2.05, 4.69) is 15.1 Å². The first-order chi connectivity index (χ1) is 17.5. The minimum Gasteiger partial charge on any atom is -0.394 e. The van der Waals surface area contributed by atoms with Crippen molar-refractivity contribution in [3.63, 3.8) is 0 Å². The van der Waals surface area contributed by atoms with Gasteiger partial charge in [-0.25, -0.2) is 4.98 Å². The Morgan fingerprint density at radius 1 is 0.861 bits per heavy atom. The van der Waals surface area contributed by atoms with E-state index in [9.17, 15) is 15.3 Å². The highest BCUT2D eigenvalue weighted by Gasteiger charge is 2.39. The molecule has 3 atom stereocenters. The molecule has 0 radical (unpaired) electrons. The quantitative estimate of drug-likeness (QED) is 0.133. The van der Waals surface area contributed by atoms with Gasteiger partial charge in [-0.1, -0.05) is 96.2 Å². The van der Waals surface area contributed by atoms with Crippen molar-refractivity contribution in [1.29, 1.82) is 0 Å². The number of aromatic nitrogens is 2. The first kappa shape index (κ1) is 25.3. The lowest BCUT2D eigenvalue weighted by Gasteiger charge is -2.33. The number of nitrogens with zero attached hydrogens (tertiary/aromatic N) is 2. The number of H-pyrrole nitrogens is 1. The topological polar surface area (TPSA) is 131 Å². The molecule has 4 rings (SSSR count). The number of hydrogen-bond donors (Lipinski definition) is 5. The van der Waals surface area contributed by atoms with Crippen LogP contribution in [0.1, 0.15) is 41.2 Å². The maximum atomic E-state index is 10.3. The third-order valence-corrected chi connectivity index (χ3v) is 6.02. The summed E-state index contributed by atoms with van der Waals surface area (Å²) in [4.78, 5) is 13.6. The van der Waals surface area contributed by atoms with Gasteiger partial charge in [-0.15, -0.1) is 0 Å². The highest BCUT2D eigenvalue weighted by atomic mass is 16.7. The molecule has 186 valence electrons. The second kappa shape index (κ2) is 11.3. The summed E-state index contributed by atoms with van der Waals surface area (Å²) in [5.74, 6) is 0.317. The smallest absolute Gasteiger partial charge is 0.212 e. The van der Waals surface area contributed by atoms with Crippen LogP contribution in [0.4, 0.5) is 0 Å². The molecule has 1 aromatic heterocycles. The number of oxime groups is 1. The van der Waals surface area contributed by atoms with Crippen LogP contribution >= 0.6 is 0 Å². The molecule has 8 nitrogen and oxygen atoms in total. The molecule has 3 aromatic carbocycles. The van der Waals surface area contributed by atoms with Crippen LogP contribution in [0.5, 0.6) is 0 Å². The number of imidazole rings is 1. The Labute approximate surface area is 209 Å². The Morgan fingerprint density at radius 2 is 1.33 bits per heavy atom.